The van der Waals surface area contributed by atoms with Crippen LogP contribution in [0.3, 0.4) is 0 Å². The predicted molar refractivity (Wildman–Crippen MR) is 127 cm³/mol. The van der Waals surface area contributed by atoms with Gasteiger partial charge in [0.15, 0.2) is 0 Å². The number of carbonyl (C=O) groups is 2. The van der Waals surface area contributed by atoms with Gasteiger partial charge in [-0.2, -0.15) is 0 Å². The van der Waals surface area contributed by atoms with Crippen molar-refractivity contribution in [3.63, 3.8) is 0 Å². The number of hydrogen-bond acceptors (Lipinski definition) is 7. The second-order valence-electron chi connectivity index (χ2n) is 6.74. The van der Waals surface area contributed by atoms with E-state index < -0.39 is 11.8 Å². The Morgan fingerprint density at radius 3 is 2.52 bits per heavy atom. The highest BCUT2D eigenvalue weighted by Crippen LogP contribution is 2.41. The molecule has 9 nitrogen and oxygen atoms in total. The molecule has 0 unspecified atom stereocenters. The van der Waals surface area contributed by atoms with E-state index in [0.29, 0.717) is 16.6 Å². The van der Waals surface area contributed by atoms with Crippen LogP contribution in [-0.4, -0.2) is 33.9 Å². The van der Waals surface area contributed by atoms with E-state index in [1.807, 2.05) is 0 Å². The fraction of sp³-hybridized carbons (Fsp3) is 0.0455. The van der Waals surface area contributed by atoms with E-state index >= 15 is 0 Å². The van der Waals surface area contributed by atoms with Gasteiger partial charge in [-0.1, -0.05) is 29.3 Å². The first-order valence-electron chi connectivity index (χ1n) is 9.48. The molecular weight excluding hydrogens is 467 g/mol. The number of pyridine rings is 1. The average Bonchev–Trinajstić information content (AvgIpc) is 2.82. The van der Waals surface area contributed by atoms with Crippen molar-refractivity contribution in [3.8, 4) is 5.75 Å². The quantitative estimate of drug-likeness (QED) is 0.383. The zero-order valence-corrected chi connectivity index (χ0v) is 18.6. The van der Waals surface area contributed by atoms with Gasteiger partial charge in [-0.05, 0) is 30.3 Å². The van der Waals surface area contributed by atoms with Crippen molar-refractivity contribution in [2.24, 2.45) is 0 Å². The molecule has 0 spiro atoms. The number of hydrogen-bond donors (Lipinski definition) is 3. The molecule has 0 saturated heterocycles. The maximum absolute atomic E-state index is 13.1. The molecule has 0 atom stereocenters. The number of nitrogens with zero attached hydrogens (tertiary/aromatic N) is 3. The molecule has 0 aliphatic carbocycles. The van der Waals surface area contributed by atoms with Gasteiger partial charge in [0.1, 0.15) is 22.9 Å². The molecule has 0 saturated carbocycles. The molecule has 2 heterocycles. The molecule has 0 aliphatic heterocycles. The summed E-state index contributed by atoms with van der Waals surface area (Å²) in [4.78, 5) is 38.1. The zero-order chi connectivity index (χ0) is 23.5. The number of nitrogen functional groups attached to an aromatic ring is 1. The number of halogens is 2. The number of para-hydroxylation sites is 1. The number of ether oxygens (including phenoxy) is 1. The van der Waals surface area contributed by atoms with Gasteiger partial charge in [-0.3, -0.25) is 14.6 Å². The third-order valence-corrected chi connectivity index (χ3v) is 5.50. The van der Waals surface area contributed by atoms with Crippen molar-refractivity contribution in [2.75, 3.05) is 23.5 Å². The first-order chi connectivity index (χ1) is 15.9. The fourth-order valence-electron chi connectivity index (χ4n) is 3.14. The van der Waals surface area contributed by atoms with Crippen LogP contribution in [0.2, 0.25) is 10.0 Å². The number of fused-ring (bicyclic) bond motifs is 1. The lowest BCUT2D eigenvalue weighted by Crippen LogP contribution is -2.17. The molecular formula is C22H16Cl2N6O3. The number of anilines is 3. The van der Waals surface area contributed by atoms with Crippen molar-refractivity contribution >= 4 is 63.1 Å². The smallest absolute Gasteiger partial charge is 0.257 e. The summed E-state index contributed by atoms with van der Waals surface area (Å²) < 4.78 is 5.28. The summed E-state index contributed by atoms with van der Waals surface area (Å²) in [6.07, 6.45) is 4.32. The summed E-state index contributed by atoms with van der Waals surface area (Å²) in [5.74, 6) is -0.711. The Kier molecular flexibility index (Phi) is 6.25. The molecule has 2 aromatic carbocycles. The third kappa shape index (κ3) is 4.36. The summed E-state index contributed by atoms with van der Waals surface area (Å²) in [5.41, 5.74) is 6.98. The zero-order valence-electron chi connectivity index (χ0n) is 17.1. The monoisotopic (exact) mass is 482 g/mol. The summed E-state index contributed by atoms with van der Waals surface area (Å²) in [6.45, 7) is 0. The maximum Gasteiger partial charge on any atom is 0.257 e. The van der Waals surface area contributed by atoms with Crippen molar-refractivity contribution in [3.05, 3.63) is 76.3 Å². The lowest BCUT2D eigenvalue weighted by atomic mass is 10.1. The highest BCUT2D eigenvalue weighted by atomic mass is 35.5. The van der Waals surface area contributed by atoms with Crippen LogP contribution in [0.1, 0.15) is 20.7 Å². The molecule has 166 valence electrons. The van der Waals surface area contributed by atoms with Crippen LogP contribution >= 0.6 is 23.2 Å². The van der Waals surface area contributed by atoms with Gasteiger partial charge in [0.05, 0.1) is 46.3 Å². The highest BCUT2D eigenvalue weighted by molar-refractivity contribution is 6.43. The van der Waals surface area contributed by atoms with E-state index in [0.717, 1.165) is 0 Å². The Morgan fingerprint density at radius 2 is 1.79 bits per heavy atom. The summed E-state index contributed by atoms with van der Waals surface area (Å²) in [6, 6.07) is 9.65. The van der Waals surface area contributed by atoms with Crippen LogP contribution < -0.4 is 21.1 Å². The first-order valence-corrected chi connectivity index (χ1v) is 10.2. The van der Waals surface area contributed by atoms with Gasteiger partial charge in [0, 0.05) is 11.6 Å². The summed E-state index contributed by atoms with van der Waals surface area (Å²) >= 11 is 12.9. The summed E-state index contributed by atoms with van der Waals surface area (Å²) in [5, 5.41) is 5.83. The van der Waals surface area contributed by atoms with Crippen LogP contribution in [-0.2, 0) is 0 Å². The Labute approximate surface area is 197 Å². The van der Waals surface area contributed by atoms with E-state index in [1.165, 1.54) is 25.7 Å². The molecule has 0 aliphatic rings. The topological polar surface area (TPSA) is 132 Å². The van der Waals surface area contributed by atoms with Crippen LogP contribution in [0.5, 0.6) is 5.75 Å². The van der Waals surface area contributed by atoms with Crippen LogP contribution in [0.4, 0.5) is 17.2 Å². The minimum absolute atomic E-state index is 0.0121. The van der Waals surface area contributed by atoms with Crippen molar-refractivity contribution < 1.29 is 14.3 Å². The summed E-state index contributed by atoms with van der Waals surface area (Å²) in [7, 11) is 1.38. The number of aromatic nitrogens is 3. The van der Waals surface area contributed by atoms with Crippen molar-refractivity contribution in [1.82, 2.24) is 15.0 Å². The Hall–Kier alpha value is -3.95. The Morgan fingerprint density at radius 1 is 1.00 bits per heavy atom. The number of carbonyl (C=O) groups excluding carboxylic acids is 2. The molecule has 33 heavy (non-hydrogen) atoms. The van der Waals surface area contributed by atoms with Crippen molar-refractivity contribution in [1.29, 1.82) is 0 Å². The number of amides is 2. The second-order valence-corrected chi connectivity index (χ2v) is 7.50. The number of nitrogens with two attached hydrogens (primary N) is 1. The molecule has 4 aromatic rings. The maximum atomic E-state index is 13.1. The van der Waals surface area contributed by atoms with Gasteiger partial charge in [-0.25, -0.2) is 9.97 Å². The first kappa shape index (κ1) is 22.3. The Bertz CT molecular complexity index is 1380. The molecule has 0 radical (unpaired) electrons. The molecule has 11 heteroatoms. The standard InChI is InChI=1S/C22H16Cl2N6O3/c1-33-15-8-14(22(32)29-11-4-3-7-26-9-11)16(23)19(17(15)24)30-21(31)13-6-2-5-12-18(13)27-10-28-20(12)25/h2-10H,1H3,(H,29,32)(H,30,31)(H2,25,27,28). The molecule has 2 aromatic heterocycles. The van der Waals surface area contributed by atoms with Gasteiger partial charge in [0.2, 0.25) is 0 Å². The second kappa shape index (κ2) is 9.27. The van der Waals surface area contributed by atoms with E-state index in [1.54, 1.807) is 36.5 Å². The molecule has 4 N–H and O–H groups in total. The van der Waals surface area contributed by atoms with Crippen LogP contribution in [0.15, 0.2) is 55.1 Å². The van der Waals surface area contributed by atoms with E-state index in [9.17, 15) is 9.59 Å². The van der Waals surface area contributed by atoms with Gasteiger partial charge in [0.25, 0.3) is 11.8 Å². The molecule has 4 rings (SSSR count). The predicted octanol–water partition coefficient (Wildman–Crippen LogP) is 4.43. The highest BCUT2D eigenvalue weighted by Gasteiger charge is 2.23. The number of nitrogens with one attached hydrogen (secondary N) is 2. The van der Waals surface area contributed by atoms with Gasteiger partial charge in [-0.15, -0.1) is 0 Å². The lowest BCUT2D eigenvalue weighted by Gasteiger charge is -2.16. The van der Waals surface area contributed by atoms with Crippen LogP contribution in [0.25, 0.3) is 10.9 Å². The number of rotatable bonds is 5. The van der Waals surface area contributed by atoms with E-state index in [2.05, 4.69) is 25.6 Å². The normalized spacial score (nSPS) is 10.6. The largest absolute Gasteiger partial charge is 0.495 e. The van der Waals surface area contributed by atoms with E-state index in [4.69, 9.17) is 33.7 Å². The minimum atomic E-state index is -0.561. The Balaban J connectivity index is 1.73. The van der Waals surface area contributed by atoms with E-state index in [-0.39, 0.29) is 38.4 Å². The van der Waals surface area contributed by atoms with Gasteiger partial charge < -0.3 is 21.1 Å². The average molecular weight is 483 g/mol. The number of methoxy groups -OCH3 is 1. The minimum Gasteiger partial charge on any atom is -0.495 e. The number of benzene rings is 2. The third-order valence-electron chi connectivity index (χ3n) is 4.73. The molecule has 0 bridgehead atoms. The van der Waals surface area contributed by atoms with Crippen molar-refractivity contribution in [2.45, 2.75) is 0 Å². The fourth-order valence-corrected chi connectivity index (χ4v) is 3.75. The molecule has 0 fully saturated rings. The molecule has 2 amide bonds. The van der Waals surface area contributed by atoms with Gasteiger partial charge >= 0.3 is 0 Å². The van der Waals surface area contributed by atoms with Crippen LogP contribution in [0, 0.1) is 0 Å². The SMILES string of the molecule is COc1cc(C(=O)Nc2cccnc2)c(Cl)c(NC(=O)c2cccc3c(N)ncnc23)c1Cl. The lowest BCUT2D eigenvalue weighted by molar-refractivity contribution is 0.101.